The van der Waals surface area contributed by atoms with Crippen LogP contribution < -0.4 is 5.32 Å². The van der Waals surface area contributed by atoms with Crippen molar-refractivity contribution in [3.8, 4) is 0 Å². The minimum atomic E-state index is -2.05. The molecule has 2 fully saturated rings. The van der Waals surface area contributed by atoms with Gasteiger partial charge < -0.3 is 58.2 Å². The molecular weight excluding hydrogens is 977 g/mol. The zero-order valence-corrected chi connectivity index (χ0v) is 39.0. The van der Waals surface area contributed by atoms with Crippen LogP contribution in [0.3, 0.4) is 0 Å². The number of hydrogen-bond donors (Lipinski definition) is 3. The number of halogens is 3. The number of hydrogen-bond acceptors (Lipinski definition) is 16. The molecule has 20 heteroatoms. The maximum Gasteiger partial charge on any atom is 0.407 e. The molecule has 2 aliphatic heterocycles. The highest BCUT2D eigenvalue weighted by Gasteiger charge is 2.56. The van der Waals surface area contributed by atoms with E-state index in [-0.39, 0.29) is 28.9 Å². The number of rotatable bonds is 17. The molecule has 0 aliphatic carbocycles. The smallest absolute Gasteiger partial charge is 0.407 e. The van der Waals surface area contributed by atoms with Crippen molar-refractivity contribution in [3.05, 3.63) is 179 Å². The number of alkyl carbamates (subject to hydrolysis) is 1. The van der Waals surface area contributed by atoms with Gasteiger partial charge in [0.2, 0.25) is 3.79 Å². The van der Waals surface area contributed by atoms with Crippen molar-refractivity contribution in [1.29, 1.82) is 0 Å². The number of alkyl halides is 3. The molecule has 2 aliphatic rings. The molecule has 5 aromatic carbocycles. The summed E-state index contributed by atoms with van der Waals surface area (Å²) in [5.74, 6) is -3.71. The number of esters is 4. The van der Waals surface area contributed by atoms with Crippen LogP contribution in [0, 0.1) is 0 Å². The molecule has 3 N–H and O–H groups in total. The molecule has 368 valence electrons. The molecule has 5 aromatic rings. The van der Waals surface area contributed by atoms with Gasteiger partial charge in [0.1, 0.15) is 43.7 Å². The Morgan fingerprint density at radius 1 is 0.543 bits per heavy atom. The quantitative estimate of drug-likeness (QED) is 0.0522. The third-order valence-electron chi connectivity index (χ3n) is 10.8. The average molecular weight is 1020 g/mol. The molecule has 0 spiro atoms. The molecule has 0 bridgehead atoms. The summed E-state index contributed by atoms with van der Waals surface area (Å²) in [5.41, 5.74) is 0.931. The number of amides is 1. The fourth-order valence-corrected chi connectivity index (χ4v) is 7.56. The number of nitrogens with one attached hydrogen (secondary N) is 1. The van der Waals surface area contributed by atoms with Gasteiger partial charge in [-0.1, -0.05) is 138 Å². The normalized spacial score (nSPS) is 24.3. The van der Waals surface area contributed by atoms with Gasteiger partial charge in [0.25, 0.3) is 0 Å². The zero-order valence-electron chi connectivity index (χ0n) is 36.8. The Balaban J connectivity index is 1.34. The molecule has 0 unspecified atom stereocenters. The topological polar surface area (TPSA) is 221 Å². The number of carbonyl (C=O) groups excluding carboxylic acids is 5. The van der Waals surface area contributed by atoms with Crippen molar-refractivity contribution < 1.29 is 76.8 Å². The lowest BCUT2D eigenvalue weighted by Crippen LogP contribution is -2.69. The van der Waals surface area contributed by atoms with E-state index in [1.807, 2.05) is 0 Å². The Hall–Kier alpha value is -6.12. The van der Waals surface area contributed by atoms with Gasteiger partial charge in [-0.05, 0) is 54.1 Å². The second-order valence-corrected chi connectivity index (χ2v) is 18.2. The van der Waals surface area contributed by atoms with Gasteiger partial charge in [0.05, 0.1) is 35.5 Å². The first kappa shape index (κ1) is 51.7. The predicted molar refractivity (Wildman–Crippen MR) is 249 cm³/mol. The lowest BCUT2D eigenvalue weighted by Gasteiger charge is -2.48. The lowest BCUT2D eigenvalue weighted by molar-refractivity contribution is -0.347. The first-order valence-electron chi connectivity index (χ1n) is 21.7. The maximum atomic E-state index is 14.2. The van der Waals surface area contributed by atoms with Crippen molar-refractivity contribution in [2.24, 2.45) is 0 Å². The van der Waals surface area contributed by atoms with Crippen LogP contribution in [0.4, 0.5) is 4.79 Å². The molecule has 0 radical (unpaired) electrons. The van der Waals surface area contributed by atoms with E-state index in [1.54, 1.807) is 103 Å². The average Bonchev–Trinajstić information content (AvgIpc) is 3.38. The van der Waals surface area contributed by atoms with E-state index < -0.39 is 115 Å². The van der Waals surface area contributed by atoms with E-state index in [2.05, 4.69) is 5.32 Å². The van der Waals surface area contributed by atoms with Crippen molar-refractivity contribution in [1.82, 2.24) is 5.32 Å². The molecule has 0 saturated carbocycles. The molecule has 2 saturated heterocycles. The summed E-state index contributed by atoms with van der Waals surface area (Å²) < 4.78 is 52.7. The summed E-state index contributed by atoms with van der Waals surface area (Å²) >= 11 is 17.7. The SMILES string of the molecule is O=C(N[C@H]1[C@@H](OCc2ccccc2)O[C@H](COC(=O)c2ccccc2)[C@@H](O[C@@H]2O[C@H](CO)[C@H](O)[C@H](OC(=O)c3ccccc3)[C@H]2OC(=O)c2ccccc2)[C@@H]1OC(=O)c1ccccc1)OCC(Cl)(Cl)Cl. The van der Waals surface area contributed by atoms with Crippen molar-refractivity contribution in [2.75, 3.05) is 19.8 Å². The Bertz CT molecular complexity index is 2490. The summed E-state index contributed by atoms with van der Waals surface area (Å²) in [4.78, 5) is 69.1. The van der Waals surface area contributed by atoms with E-state index in [4.69, 9.17) is 77.4 Å². The number of ether oxygens (including phenoxy) is 9. The van der Waals surface area contributed by atoms with Crippen LogP contribution in [0.1, 0.15) is 47.0 Å². The van der Waals surface area contributed by atoms with E-state index in [0.717, 1.165) is 0 Å². The number of carbonyl (C=O) groups is 5. The fraction of sp³-hybridized carbons (Fsp3) is 0.300. The van der Waals surface area contributed by atoms with Crippen LogP contribution in [0.25, 0.3) is 0 Å². The Kier molecular flexibility index (Phi) is 18.2. The first-order valence-corrected chi connectivity index (χ1v) is 22.8. The van der Waals surface area contributed by atoms with Gasteiger partial charge in [-0.3, -0.25) is 0 Å². The van der Waals surface area contributed by atoms with Gasteiger partial charge in [-0.25, -0.2) is 24.0 Å². The predicted octanol–water partition coefficient (Wildman–Crippen LogP) is 6.39. The van der Waals surface area contributed by atoms with Crippen molar-refractivity contribution in [2.45, 2.75) is 71.7 Å². The van der Waals surface area contributed by atoms with Crippen LogP contribution in [0.5, 0.6) is 0 Å². The fourth-order valence-electron chi connectivity index (χ4n) is 7.39. The van der Waals surface area contributed by atoms with Crippen LogP contribution >= 0.6 is 34.8 Å². The summed E-state index contributed by atoms with van der Waals surface area (Å²) in [6.07, 6.45) is -16.9. The van der Waals surface area contributed by atoms with Gasteiger partial charge >= 0.3 is 30.0 Å². The number of aliphatic hydroxyl groups is 2. The van der Waals surface area contributed by atoms with Crippen LogP contribution in [-0.4, -0.2) is 125 Å². The van der Waals surface area contributed by atoms with E-state index in [1.165, 1.54) is 48.5 Å². The molecule has 17 nitrogen and oxygen atoms in total. The highest BCUT2D eigenvalue weighted by molar-refractivity contribution is 6.67. The van der Waals surface area contributed by atoms with Gasteiger partial charge in [-0.2, -0.15) is 0 Å². The molecule has 70 heavy (non-hydrogen) atoms. The minimum absolute atomic E-state index is 0.0329. The molecular formula is C50H46Cl3NO16. The number of aliphatic hydroxyl groups excluding tert-OH is 2. The van der Waals surface area contributed by atoms with Gasteiger partial charge in [-0.15, -0.1) is 0 Å². The molecule has 0 aromatic heterocycles. The molecule has 7 rings (SSSR count). The van der Waals surface area contributed by atoms with E-state index >= 15 is 0 Å². The Labute approximate surface area is 416 Å². The van der Waals surface area contributed by atoms with Crippen LogP contribution in [-0.2, 0) is 49.2 Å². The second kappa shape index (κ2) is 24.6. The summed E-state index contributed by atoms with van der Waals surface area (Å²) in [6, 6.07) is 38.3. The Morgan fingerprint density at radius 3 is 1.47 bits per heavy atom. The highest BCUT2D eigenvalue weighted by Crippen LogP contribution is 2.35. The maximum absolute atomic E-state index is 14.2. The van der Waals surface area contributed by atoms with E-state index in [0.29, 0.717) is 5.56 Å². The highest BCUT2D eigenvalue weighted by atomic mass is 35.6. The largest absolute Gasteiger partial charge is 0.459 e. The second-order valence-electron chi connectivity index (χ2n) is 15.7. The van der Waals surface area contributed by atoms with Gasteiger partial charge in [0, 0.05) is 0 Å². The molecule has 2 heterocycles. The third kappa shape index (κ3) is 14.0. The van der Waals surface area contributed by atoms with Crippen LogP contribution in [0.15, 0.2) is 152 Å². The zero-order chi connectivity index (χ0) is 49.6. The monoisotopic (exact) mass is 1020 g/mol. The summed E-state index contributed by atoms with van der Waals surface area (Å²) in [7, 11) is 0. The van der Waals surface area contributed by atoms with Crippen LogP contribution in [0.2, 0.25) is 0 Å². The first-order chi connectivity index (χ1) is 33.8. The molecule has 10 atom stereocenters. The summed E-state index contributed by atoms with van der Waals surface area (Å²) in [5, 5.41) is 24.8. The van der Waals surface area contributed by atoms with Gasteiger partial charge in [0.15, 0.2) is 30.9 Å². The third-order valence-corrected chi connectivity index (χ3v) is 11.1. The molecule has 1 amide bonds. The van der Waals surface area contributed by atoms with E-state index in [9.17, 15) is 34.2 Å². The van der Waals surface area contributed by atoms with Crippen molar-refractivity contribution >= 4 is 64.8 Å². The standard InChI is InChI=1S/C50H46Cl3NO16/c51-50(52,53)29-64-49(61)54-37-40(67-44(58)32-20-10-3-11-21-32)39(36(28-62-43(57)31-18-8-2-9-19-31)66-47(37)63-27-30-16-6-1-7-17-30)70-48-42(69-46(60)34-24-14-5-15-25-34)41(38(56)35(26-55)65-48)68-45(59)33-22-12-4-13-23-33/h1-25,35-42,47-48,55-56H,26-29H2,(H,54,61)/t35-,36-,37-,38+,39-,40-,41+,42-,47+,48+/m1/s1. The number of benzene rings is 5. The Morgan fingerprint density at radius 2 is 0.986 bits per heavy atom. The lowest BCUT2D eigenvalue weighted by atomic mass is 9.94. The minimum Gasteiger partial charge on any atom is -0.459 e. The summed E-state index contributed by atoms with van der Waals surface area (Å²) in [6.45, 7) is -2.44. The van der Waals surface area contributed by atoms with Crippen molar-refractivity contribution in [3.63, 3.8) is 0 Å².